The SMILES string of the molecule is CC1(C)c2ccc3ccc4ccccc4c3c2-c2cccc(N(c3ccc4c(c3)oc3ccccc34)c3ccc4c(c3)sc3ccccc34)c21. The molecular weight excluding hydrogens is 627 g/mol. The molecule has 50 heavy (non-hydrogen) atoms. The van der Waals surface area contributed by atoms with Gasteiger partial charge in [0.05, 0.1) is 5.69 Å². The lowest BCUT2D eigenvalue weighted by atomic mass is 9.80. The molecule has 0 saturated heterocycles. The summed E-state index contributed by atoms with van der Waals surface area (Å²) in [6.45, 7) is 4.79. The van der Waals surface area contributed by atoms with Gasteiger partial charge >= 0.3 is 0 Å². The molecule has 1 aliphatic rings. The van der Waals surface area contributed by atoms with E-state index >= 15 is 0 Å². The van der Waals surface area contributed by atoms with Crippen LogP contribution in [-0.2, 0) is 5.41 Å². The zero-order valence-corrected chi connectivity index (χ0v) is 28.5. The van der Waals surface area contributed by atoms with Crippen LogP contribution in [-0.4, -0.2) is 0 Å². The molecule has 0 amide bonds. The predicted molar refractivity (Wildman–Crippen MR) is 214 cm³/mol. The lowest BCUT2D eigenvalue weighted by molar-refractivity contribution is 0.661. The predicted octanol–water partition coefficient (Wildman–Crippen LogP) is 14.0. The van der Waals surface area contributed by atoms with E-state index in [0.717, 1.165) is 33.3 Å². The topological polar surface area (TPSA) is 16.4 Å². The zero-order valence-electron chi connectivity index (χ0n) is 27.7. The maximum Gasteiger partial charge on any atom is 0.137 e. The number of thiophene rings is 1. The van der Waals surface area contributed by atoms with Crippen LogP contribution in [0.3, 0.4) is 0 Å². The second-order valence-corrected chi connectivity index (χ2v) is 15.2. The average molecular weight is 658 g/mol. The number of rotatable bonds is 3. The Morgan fingerprint density at radius 1 is 0.520 bits per heavy atom. The van der Waals surface area contributed by atoms with Crippen LogP contribution in [0.4, 0.5) is 17.1 Å². The number of hydrogen-bond donors (Lipinski definition) is 0. The molecule has 0 aliphatic heterocycles. The largest absolute Gasteiger partial charge is 0.456 e. The molecule has 0 atom stereocenters. The highest BCUT2D eigenvalue weighted by molar-refractivity contribution is 7.25. The second-order valence-electron chi connectivity index (χ2n) is 14.1. The first-order chi connectivity index (χ1) is 24.5. The highest BCUT2D eigenvalue weighted by Gasteiger charge is 2.40. The van der Waals surface area contributed by atoms with Gasteiger partial charge in [0.1, 0.15) is 11.2 Å². The summed E-state index contributed by atoms with van der Waals surface area (Å²) in [6, 6.07) is 55.6. The Bertz CT molecular complexity index is 2920. The van der Waals surface area contributed by atoms with Crippen molar-refractivity contribution in [3.63, 3.8) is 0 Å². The molecule has 2 nitrogen and oxygen atoms in total. The highest BCUT2D eigenvalue weighted by Crippen LogP contribution is 2.57. The number of benzene rings is 8. The standard InChI is InChI=1S/C47H31NOS/c1-47(2)38-25-20-29-19-18-28-10-3-4-11-32(28)44(29)45(38)37-14-9-15-39(46(37)47)48(30-21-23-34-33-12-5-7-16-40(33)49-41(34)26-30)31-22-24-36-35-13-6-8-17-42(35)50-43(36)27-31/h3-27H,1-2H3. The van der Waals surface area contributed by atoms with Gasteiger partial charge in [-0.25, -0.2) is 0 Å². The Balaban J connectivity index is 1.21. The van der Waals surface area contributed by atoms with Gasteiger partial charge in [0.2, 0.25) is 0 Å². The van der Waals surface area contributed by atoms with E-state index < -0.39 is 0 Å². The Morgan fingerprint density at radius 3 is 2.10 bits per heavy atom. The van der Waals surface area contributed by atoms with Crippen molar-refractivity contribution in [2.75, 3.05) is 4.90 Å². The quantitative estimate of drug-likeness (QED) is 0.176. The van der Waals surface area contributed by atoms with Gasteiger partial charge in [-0.15, -0.1) is 11.3 Å². The van der Waals surface area contributed by atoms with Gasteiger partial charge in [0.25, 0.3) is 0 Å². The smallest absolute Gasteiger partial charge is 0.137 e. The summed E-state index contributed by atoms with van der Waals surface area (Å²) < 4.78 is 9.07. The molecule has 3 heteroatoms. The van der Waals surface area contributed by atoms with Crippen LogP contribution < -0.4 is 4.90 Å². The molecule has 2 heterocycles. The Kier molecular flexibility index (Phi) is 5.64. The molecule has 0 bridgehead atoms. The fraction of sp³-hybridized carbons (Fsp3) is 0.0638. The van der Waals surface area contributed by atoms with Crippen LogP contribution in [0.2, 0.25) is 0 Å². The zero-order chi connectivity index (χ0) is 33.1. The van der Waals surface area contributed by atoms with Gasteiger partial charge in [-0.2, -0.15) is 0 Å². The van der Waals surface area contributed by atoms with Crippen molar-refractivity contribution in [3.8, 4) is 11.1 Å². The minimum absolute atomic E-state index is 0.240. The fourth-order valence-corrected chi connectivity index (χ4v) is 9.90. The Hall–Kier alpha value is -5.90. The first-order valence-electron chi connectivity index (χ1n) is 17.3. The van der Waals surface area contributed by atoms with Crippen molar-refractivity contribution in [2.24, 2.45) is 0 Å². The summed E-state index contributed by atoms with van der Waals surface area (Å²) in [5, 5.41) is 10.1. The molecule has 0 N–H and O–H groups in total. The number of furan rings is 1. The van der Waals surface area contributed by atoms with Crippen LogP contribution in [0.25, 0.3) is 74.8 Å². The fourth-order valence-electron chi connectivity index (χ4n) is 8.76. The average Bonchev–Trinajstić information content (AvgIpc) is 3.79. The van der Waals surface area contributed by atoms with Crippen molar-refractivity contribution >= 4 is 92.1 Å². The highest BCUT2D eigenvalue weighted by atomic mass is 32.1. The van der Waals surface area contributed by atoms with Crippen molar-refractivity contribution in [1.82, 2.24) is 0 Å². The maximum atomic E-state index is 6.47. The van der Waals surface area contributed by atoms with Gasteiger partial charge in [-0.05, 0) is 86.3 Å². The van der Waals surface area contributed by atoms with Gasteiger partial charge in [-0.3, -0.25) is 0 Å². The number of nitrogens with zero attached hydrogens (tertiary/aromatic N) is 1. The third-order valence-corrected chi connectivity index (χ3v) is 12.1. The van der Waals surface area contributed by atoms with Gasteiger partial charge in [0.15, 0.2) is 0 Å². The van der Waals surface area contributed by atoms with E-state index in [-0.39, 0.29) is 5.41 Å². The first kappa shape index (κ1) is 28.0. The van der Waals surface area contributed by atoms with Crippen molar-refractivity contribution in [1.29, 1.82) is 0 Å². The van der Waals surface area contributed by atoms with E-state index in [1.807, 2.05) is 17.4 Å². The van der Waals surface area contributed by atoms with Crippen LogP contribution in [0, 0.1) is 0 Å². The van der Waals surface area contributed by atoms with Crippen molar-refractivity contribution < 1.29 is 4.42 Å². The molecule has 11 rings (SSSR count). The summed E-state index contributed by atoms with van der Waals surface area (Å²) >= 11 is 1.86. The third kappa shape index (κ3) is 3.78. The van der Waals surface area contributed by atoms with Crippen LogP contribution >= 0.6 is 11.3 Å². The summed E-state index contributed by atoms with van der Waals surface area (Å²) in [5.74, 6) is 0. The Labute approximate surface area is 293 Å². The minimum Gasteiger partial charge on any atom is -0.456 e. The molecule has 0 saturated carbocycles. The van der Waals surface area contributed by atoms with E-state index in [2.05, 4.69) is 164 Å². The molecule has 0 radical (unpaired) electrons. The minimum atomic E-state index is -0.240. The molecular formula is C47H31NOS. The van der Waals surface area contributed by atoms with Gasteiger partial charge in [-0.1, -0.05) is 117 Å². The molecule has 10 aromatic rings. The van der Waals surface area contributed by atoms with Gasteiger partial charge in [0, 0.05) is 53.8 Å². The molecule has 2 aromatic heterocycles. The summed E-state index contributed by atoms with van der Waals surface area (Å²) in [4.78, 5) is 2.46. The van der Waals surface area contributed by atoms with Crippen LogP contribution in [0.15, 0.2) is 156 Å². The summed E-state index contributed by atoms with van der Waals surface area (Å²) in [5.41, 5.74) is 10.3. The molecule has 1 aliphatic carbocycles. The summed E-state index contributed by atoms with van der Waals surface area (Å²) in [6.07, 6.45) is 0. The lowest BCUT2D eigenvalue weighted by Crippen LogP contribution is -2.20. The van der Waals surface area contributed by atoms with Crippen LogP contribution in [0.5, 0.6) is 0 Å². The van der Waals surface area contributed by atoms with E-state index in [9.17, 15) is 0 Å². The number of hydrogen-bond acceptors (Lipinski definition) is 3. The van der Waals surface area contributed by atoms with Gasteiger partial charge < -0.3 is 9.32 Å². The monoisotopic (exact) mass is 657 g/mol. The van der Waals surface area contributed by atoms with E-state index in [4.69, 9.17) is 4.42 Å². The molecule has 0 spiro atoms. The first-order valence-corrected chi connectivity index (χ1v) is 18.1. The normalized spacial score (nSPS) is 13.6. The van der Waals surface area contributed by atoms with E-state index in [0.29, 0.717) is 0 Å². The second kappa shape index (κ2) is 10.1. The van der Waals surface area contributed by atoms with E-state index in [1.54, 1.807) is 0 Å². The number of para-hydroxylation sites is 1. The number of anilines is 3. The molecule has 0 fully saturated rings. The Morgan fingerprint density at radius 2 is 1.20 bits per heavy atom. The number of fused-ring (bicyclic) bond motifs is 13. The molecule has 8 aromatic carbocycles. The third-order valence-electron chi connectivity index (χ3n) is 11.0. The van der Waals surface area contributed by atoms with Crippen molar-refractivity contribution in [2.45, 2.75) is 19.3 Å². The van der Waals surface area contributed by atoms with Crippen molar-refractivity contribution in [3.05, 3.63) is 163 Å². The summed E-state index contributed by atoms with van der Waals surface area (Å²) in [7, 11) is 0. The lowest BCUT2D eigenvalue weighted by Gasteiger charge is -2.32. The maximum absolute atomic E-state index is 6.47. The van der Waals surface area contributed by atoms with Crippen LogP contribution in [0.1, 0.15) is 25.0 Å². The van der Waals surface area contributed by atoms with E-state index in [1.165, 1.54) is 69.7 Å². The molecule has 0 unspecified atom stereocenters. The molecule has 236 valence electrons.